The molecule has 2 aromatic rings. The molecule has 5 nitrogen and oxygen atoms in total. The van der Waals surface area contributed by atoms with Crippen molar-refractivity contribution >= 4 is 17.7 Å². The summed E-state index contributed by atoms with van der Waals surface area (Å²) in [7, 11) is 1.95. The molecule has 1 unspecified atom stereocenters. The fourth-order valence-electron chi connectivity index (χ4n) is 3.02. The molecule has 1 aromatic heterocycles. The SMILES string of the molecule is CC(C)c1ccc(C(NC(=O)CSc2nnc(C(C)C)n2C)C(C)C)cc1. The van der Waals surface area contributed by atoms with Crippen LogP contribution in [0.3, 0.4) is 0 Å². The lowest BCUT2D eigenvalue weighted by atomic mass is 9.93. The topological polar surface area (TPSA) is 59.8 Å². The van der Waals surface area contributed by atoms with Gasteiger partial charge in [-0.05, 0) is 23.0 Å². The van der Waals surface area contributed by atoms with Gasteiger partial charge >= 0.3 is 0 Å². The maximum Gasteiger partial charge on any atom is 0.230 e. The zero-order valence-electron chi connectivity index (χ0n) is 17.5. The van der Waals surface area contributed by atoms with Crippen LogP contribution in [0.2, 0.25) is 0 Å². The van der Waals surface area contributed by atoms with Crippen LogP contribution in [0, 0.1) is 5.92 Å². The van der Waals surface area contributed by atoms with Gasteiger partial charge in [0.2, 0.25) is 5.91 Å². The summed E-state index contributed by atoms with van der Waals surface area (Å²) in [5, 5.41) is 12.4. The van der Waals surface area contributed by atoms with Crippen molar-refractivity contribution in [3.8, 4) is 0 Å². The smallest absolute Gasteiger partial charge is 0.230 e. The van der Waals surface area contributed by atoms with Crippen molar-refractivity contribution in [2.75, 3.05) is 5.75 Å². The van der Waals surface area contributed by atoms with Gasteiger partial charge in [-0.2, -0.15) is 0 Å². The molecule has 0 aliphatic heterocycles. The zero-order valence-corrected chi connectivity index (χ0v) is 18.3. The van der Waals surface area contributed by atoms with Crippen molar-refractivity contribution in [1.29, 1.82) is 0 Å². The summed E-state index contributed by atoms with van der Waals surface area (Å²) in [6.07, 6.45) is 0. The molecule has 0 bridgehead atoms. The van der Waals surface area contributed by atoms with E-state index in [-0.39, 0.29) is 11.9 Å². The Bertz CT molecular complexity index is 750. The van der Waals surface area contributed by atoms with E-state index in [0.717, 1.165) is 16.5 Å². The molecule has 1 amide bonds. The number of nitrogens with zero attached hydrogens (tertiary/aromatic N) is 3. The Morgan fingerprint density at radius 1 is 1.00 bits per heavy atom. The molecule has 2 rings (SSSR count). The molecule has 148 valence electrons. The van der Waals surface area contributed by atoms with Crippen LogP contribution in [-0.2, 0) is 11.8 Å². The minimum absolute atomic E-state index is 0.00466. The fraction of sp³-hybridized carbons (Fsp3) is 0.571. The van der Waals surface area contributed by atoms with Crippen LogP contribution in [0.5, 0.6) is 0 Å². The Labute approximate surface area is 167 Å². The molecule has 0 radical (unpaired) electrons. The van der Waals surface area contributed by atoms with Crippen LogP contribution in [-0.4, -0.2) is 26.4 Å². The standard InChI is InChI=1S/C21H32N4OS/c1-13(2)16-8-10-17(11-9-16)19(14(3)4)22-18(26)12-27-21-24-23-20(15(5)6)25(21)7/h8-11,13-15,19H,12H2,1-7H3,(H,22,26). The number of carbonyl (C=O) groups excluding carboxylic acids is 1. The second-order valence-electron chi connectivity index (χ2n) is 7.95. The first-order valence-corrected chi connectivity index (χ1v) is 10.6. The first-order valence-electron chi connectivity index (χ1n) is 9.62. The molecule has 6 heteroatoms. The lowest BCUT2D eigenvalue weighted by molar-refractivity contribution is -0.119. The highest BCUT2D eigenvalue weighted by atomic mass is 32.2. The summed E-state index contributed by atoms with van der Waals surface area (Å²) in [5.41, 5.74) is 2.46. The first kappa shape index (κ1) is 21.5. The third-order valence-electron chi connectivity index (χ3n) is 4.66. The summed E-state index contributed by atoms with van der Waals surface area (Å²) >= 11 is 1.43. The quantitative estimate of drug-likeness (QED) is 0.668. The Morgan fingerprint density at radius 2 is 1.59 bits per heavy atom. The first-order chi connectivity index (χ1) is 12.7. The Kier molecular flexibility index (Phi) is 7.48. The van der Waals surface area contributed by atoms with Gasteiger partial charge in [-0.25, -0.2) is 0 Å². The molecule has 0 aliphatic rings. The summed E-state index contributed by atoms with van der Waals surface area (Å²) < 4.78 is 1.97. The maximum absolute atomic E-state index is 12.5. The van der Waals surface area contributed by atoms with Crippen LogP contribution in [0.1, 0.15) is 76.4 Å². The highest BCUT2D eigenvalue weighted by Gasteiger charge is 2.20. The normalized spacial score (nSPS) is 12.8. The predicted molar refractivity (Wildman–Crippen MR) is 112 cm³/mol. The lowest BCUT2D eigenvalue weighted by Crippen LogP contribution is -2.33. The number of benzene rings is 1. The van der Waals surface area contributed by atoms with Crippen LogP contribution in [0.4, 0.5) is 0 Å². The van der Waals surface area contributed by atoms with Gasteiger partial charge in [-0.1, -0.05) is 77.6 Å². The van der Waals surface area contributed by atoms with Crippen LogP contribution < -0.4 is 5.32 Å². The summed E-state index contributed by atoms with van der Waals surface area (Å²) in [5.74, 6) is 2.40. The number of carbonyl (C=O) groups is 1. The van der Waals surface area contributed by atoms with E-state index in [4.69, 9.17) is 0 Å². The lowest BCUT2D eigenvalue weighted by Gasteiger charge is -2.23. The van der Waals surface area contributed by atoms with E-state index in [1.54, 1.807) is 0 Å². The highest BCUT2D eigenvalue weighted by Crippen LogP contribution is 2.25. The molecular formula is C21H32N4OS. The van der Waals surface area contributed by atoms with Crippen molar-refractivity contribution in [2.24, 2.45) is 13.0 Å². The Morgan fingerprint density at radius 3 is 2.07 bits per heavy atom. The van der Waals surface area contributed by atoms with E-state index < -0.39 is 0 Å². The van der Waals surface area contributed by atoms with Gasteiger partial charge in [-0.15, -0.1) is 10.2 Å². The van der Waals surface area contributed by atoms with Gasteiger partial charge in [0.1, 0.15) is 5.82 Å². The van der Waals surface area contributed by atoms with Crippen molar-refractivity contribution < 1.29 is 4.79 Å². The van der Waals surface area contributed by atoms with E-state index in [1.165, 1.54) is 17.3 Å². The average molecular weight is 389 g/mol. The molecule has 0 saturated heterocycles. The number of nitrogens with one attached hydrogen (secondary N) is 1. The Balaban J connectivity index is 2.01. The molecule has 1 aromatic carbocycles. The second-order valence-corrected chi connectivity index (χ2v) is 8.90. The van der Waals surface area contributed by atoms with Crippen molar-refractivity contribution in [3.05, 3.63) is 41.2 Å². The van der Waals surface area contributed by atoms with Gasteiger partial charge in [0.05, 0.1) is 11.8 Å². The van der Waals surface area contributed by atoms with Crippen molar-refractivity contribution in [3.63, 3.8) is 0 Å². The third kappa shape index (κ3) is 5.58. The highest BCUT2D eigenvalue weighted by molar-refractivity contribution is 7.99. The minimum Gasteiger partial charge on any atom is -0.348 e. The molecule has 0 fully saturated rings. The van der Waals surface area contributed by atoms with Crippen LogP contribution >= 0.6 is 11.8 Å². The van der Waals surface area contributed by atoms with E-state index >= 15 is 0 Å². The zero-order chi connectivity index (χ0) is 20.1. The summed E-state index contributed by atoms with van der Waals surface area (Å²) in [6, 6.07) is 8.58. The third-order valence-corrected chi connectivity index (χ3v) is 5.68. The minimum atomic E-state index is 0.00466. The second kappa shape index (κ2) is 9.40. The van der Waals surface area contributed by atoms with Gasteiger partial charge in [-0.3, -0.25) is 4.79 Å². The predicted octanol–water partition coefficient (Wildman–Crippen LogP) is 4.67. The molecule has 1 N–H and O–H groups in total. The largest absolute Gasteiger partial charge is 0.348 e. The Hall–Kier alpha value is -1.82. The molecule has 0 saturated carbocycles. The molecular weight excluding hydrogens is 356 g/mol. The van der Waals surface area contributed by atoms with E-state index in [2.05, 4.69) is 81.3 Å². The number of hydrogen-bond acceptors (Lipinski definition) is 4. The molecule has 1 heterocycles. The number of aromatic nitrogens is 3. The van der Waals surface area contributed by atoms with Crippen LogP contribution in [0.15, 0.2) is 29.4 Å². The van der Waals surface area contributed by atoms with Crippen molar-refractivity contribution in [2.45, 2.75) is 64.6 Å². The van der Waals surface area contributed by atoms with Gasteiger partial charge < -0.3 is 9.88 Å². The molecule has 1 atom stereocenters. The molecule has 0 spiro atoms. The van der Waals surface area contributed by atoms with E-state index in [9.17, 15) is 4.79 Å². The van der Waals surface area contributed by atoms with E-state index in [1.807, 2.05) is 11.6 Å². The van der Waals surface area contributed by atoms with Gasteiger partial charge in [0, 0.05) is 13.0 Å². The molecule has 0 aliphatic carbocycles. The fourth-order valence-corrected chi connectivity index (χ4v) is 3.75. The van der Waals surface area contributed by atoms with Gasteiger partial charge in [0.25, 0.3) is 0 Å². The monoisotopic (exact) mass is 388 g/mol. The number of hydrogen-bond donors (Lipinski definition) is 1. The van der Waals surface area contributed by atoms with Crippen molar-refractivity contribution in [1.82, 2.24) is 20.1 Å². The van der Waals surface area contributed by atoms with Crippen LogP contribution in [0.25, 0.3) is 0 Å². The number of amides is 1. The number of rotatable bonds is 8. The van der Waals surface area contributed by atoms with Gasteiger partial charge in [0.15, 0.2) is 5.16 Å². The molecule has 27 heavy (non-hydrogen) atoms. The van der Waals surface area contributed by atoms with E-state index in [0.29, 0.717) is 23.5 Å². The summed E-state index contributed by atoms with van der Waals surface area (Å²) in [4.78, 5) is 12.5. The summed E-state index contributed by atoms with van der Waals surface area (Å²) in [6.45, 7) is 12.8. The maximum atomic E-state index is 12.5. The number of thioether (sulfide) groups is 1. The average Bonchev–Trinajstić information content (AvgIpc) is 2.98.